The molecule has 6 aliphatic rings. The first-order valence-electron chi connectivity index (χ1n) is 21.2. The lowest BCUT2D eigenvalue weighted by Gasteiger charge is -2.28. The van der Waals surface area contributed by atoms with Gasteiger partial charge in [-0.05, 0) is 109 Å². The molecule has 12 atom stereocenters. The maximum atomic E-state index is 13.6. The molecule has 0 aromatic heterocycles. The van der Waals surface area contributed by atoms with Crippen molar-refractivity contribution in [3.05, 3.63) is 144 Å². The minimum absolute atomic E-state index is 0.123. The summed E-state index contributed by atoms with van der Waals surface area (Å²) in [5.41, 5.74) is 2.63. The molecule has 2 saturated heterocycles. The lowest BCUT2D eigenvalue weighted by atomic mass is 9.81. The lowest BCUT2D eigenvalue weighted by Crippen LogP contribution is -2.37. The number of amides is 4. The van der Waals surface area contributed by atoms with Crippen LogP contribution in [0, 0.1) is 47.3 Å². The molecule has 4 amide bonds. The Balaban J connectivity index is 0.708. The predicted molar refractivity (Wildman–Crippen MR) is 252 cm³/mol. The molecule has 10 nitrogen and oxygen atoms in total. The zero-order valence-corrected chi connectivity index (χ0v) is 39.9. The highest BCUT2D eigenvalue weighted by atomic mass is 79.9. The Morgan fingerprint density at radius 2 is 0.688 bits per heavy atom. The van der Waals surface area contributed by atoms with Gasteiger partial charge in [-0.3, -0.25) is 28.8 Å². The summed E-state index contributed by atoms with van der Waals surface area (Å²) in [6, 6.07) is 33.7. The number of hydrogen-bond donors (Lipinski definition) is 0. The maximum absolute atomic E-state index is 13.6. The van der Waals surface area contributed by atoms with Gasteiger partial charge in [0.2, 0.25) is 23.6 Å². The van der Waals surface area contributed by atoms with E-state index in [2.05, 4.69) is 63.7 Å². The monoisotopic (exact) mass is 1110 g/mol. The Kier molecular flexibility index (Phi) is 10.5. The van der Waals surface area contributed by atoms with Crippen LogP contribution in [0.1, 0.15) is 44.7 Å². The van der Waals surface area contributed by atoms with Crippen LogP contribution in [0.25, 0.3) is 0 Å². The first kappa shape index (κ1) is 41.9. The van der Waals surface area contributed by atoms with Crippen LogP contribution in [0.4, 0.5) is 11.4 Å². The normalized spacial score (nSPS) is 30.9. The Morgan fingerprint density at radius 1 is 0.406 bits per heavy atom. The van der Waals surface area contributed by atoms with Crippen LogP contribution in [0.3, 0.4) is 0 Å². The van der Waals surface area contributed by atoms with Crippen molar-refractivity contribution >= 4 is 110 Å². The molecule has 8 unspecified atom stereocenters. The van der Waals surface area contributed by atoms with E-state index in [1.54, 1.807) is 121 Å². The van der Waals surface area contributed by atoms with Crippen molar-refractivity contribution in [3.8, 4) is 23.0 Å². The fourth-order valence-electron chi connectivity index (χ4n) is 11.3. The van der Waals surface area contributed by atoms with E-state index in [4.69, 9.17) is 9.47 Å². The summed E-state index contributed by atoms with van der Waals surface area (Å²) in [6.07, 6.45) is 1.72. The molecule has 5 aromatic rings. The van der Waals surface area contributed by atoms with Crippen molar-refractivity contribution in [1.29, 1.82) is 0 Å². The fraction of sp³-hybridized carbons (Fsp3) is 0.280. The Bertz CT molecular complexity index is 2550. The van der Waals surface area contributed by atoms with E-state index in [-0.39, 0.29) is 102 Å². The maximum Gasteiger partial charge on any atom is 0.238 e. The molecule has 0 spiro atoms. The molecule has 4 bridgehead atoms. The Morgan fingerprint density at radius 3 is 0.984 bits per heavy atom. The number of benzene rings is 5. The number of ether oxygens (including phenoxy) is 2. The average molecular weight is 1110 g/mol. The molecule has 6 fully saturated rings. The topological polar surface area (TPSA) is 127 Å². The summed E-state index contributed by atoms with van der Waals surface area (Å²) < 4.78 is 12.2. The van der Waals surface area contributed by atoms with Gasteiger partial charge >= 0.3 is 0 Å². The van der Waals surface area contributed by atoms with Crippen LogP contribution < -0.4 is 19.3 Å². The number of anilines is 2. The summed E-state index contributed by atoms with van der Waals surface area (Å²) in [7, 11) is 0. The predicted octanol–water partition coefficient (Wildman–Crippen LogP) is 10.3. The third-order valence-corrected chi connectivity index (χ3v) is 20.7. The molecule has 0 N–H and O–H groups in total. The summed E-state index contributed by atoms with van der Waals surface area (Å²) in [6.45, 7) is 0. The number of ketones is 2. The fourth-order valence-corrected chi connectivity index (χ4v) is 15.1. The quantitative estimate of drug-likeness (QED) is 0.0769. The van der Waals surface area contributed by atoms with Crippen LogP contribution in [0.15, 0.2) is 121 Å². The molecule has 11 rings (SSSR count). The standard InChI is InChI=1S/C50H36Br4N2O8/c51-41-33-21-34(42(41)52)38-37(33)47(59)55(48(38)60)27-3-1-5-31(19-27)63-29-15-11-25(12-16-29)45(57)23-7-9-24(10-8-23)46(58)26-13-17-30(18-14-26)64-32-6-2-4-28(20-32)56-49(61)39-35-22-36(40(39)50(56)62)44(54)43(35)53/h1-20,33-44H,21-22H2/t33?,34?,35?,36?,37?,38?,39?,40?,41-,42-,43-,44-/m0/s1. The van der Waals surface area contributed by atoms with E-state index in [0.717, 1.165) is 12.8 Å². The first-order valence-corrected chi connectivity index (χ1v) is 24.8. The molecular formula is C50H36Br4N2O8. The van der Waals surface area contributed by atoms with Gasteiger partial charge < -0.3 is 9.47 Å². The zero-order chi connectivity index (χ0) is 44.3. The van der Waals surface area contributed by atoms with E-state index in [1.165, 1.54) is 9.80 Å². The number of carbonyl (C=O) groups is 6. The van der Waals surface area contributed by atoms with Crippen molar-refractivity contribution in [1.82, 2.24) is 0 Å². The summed E-state index contributed by atoms with van der Waals surface area (Å²) in [4.78, 5) is 84.4. The molecule has 2 heterocycles. The van der Waals surface area contributed by atoms with Gasteiger partial charge in [0, 0.05) is 53.7 Å². The highest BCUT2D eigenvalue weighted by molar-refractivity contribution is 9.12. The van der Waals surface area contributed by atoms with Gasteiger partial charge in [0.15, 0.2) is 11.6 Å². The van der Waals surface area contributed by atoms with Crippen molar-refractivity contribution in [2.45, 2.75) is 32.2 Å². The van der Waals surface area contributed by atoms with E-state index >= 15 is 0 Å². The van der Waals surface area contributed by atoms with Gasteiger partial charge in [-0.25, -0.2) is 9.80 Å². The van der Waals surface area contributed by atoms with E-state index in [0.29, 0.717) is 56.6 Å². The average Bonchev–Trinajstić information content (AvgIpc) is 4.13. The van der Waals surface area contributed by atoms with Crippen LogP contribution in [-0.2, 0) is 19.2 Å². The number of halogens is 4. The van der Waals surface area contributed by atoms with Crippen LogP contribution >= 0.6 is 63.7 Å². The van der Waals surface area contributed by atoms with Gasteiger partial charge in [-0.1, -0.05) is 100 Å². The van der Waals surface area contributed by atoms with Gasteiger partial charge in [0.25, 0.3) is 0 Å². The number of carbonyl (C=O) groups excluding carboxylic acids is 6. The zero-order valence-electron chi connectivity index (χ0n) is 33.6. The molecule has 4 aliphatic carbocycles. The van der Waals surface area contributed by atoms with Crippen molar-refractivity contribution in [3.63, 3.8) is 0 Å². The smallest absolute Gasteiger partial charge is 0.238 e. The molecule has 322 valence electrons. The summed E-state index contributed by atoms with van der Waals surface area (Å²) >= 11 is 15.0. The molecule has 2 aliphatic heterocycles. The van der Waals surface area contributed by atoms with Gasteiger partial charge in [0.05, 0.1) is 35.0 Å². The third kappa shape index (κ3) is 6.63. The summed E-state index contributed by atoms with van der Waals surface area (Å²) in [5.74, 6) is 0.00143. The number of fused-ring (bicyclic) bond motifs is 10. The Hall–Kier alpha value is -4.76. The number of alkyl halides is 4. The molecule has 64 heavy (non-hydrogen) atoms. The van der Waals surface area contributed by atoms with Crippen molar-refractivity contribution in [2.75, 3.05) is 9.80 Å². The SMILES string of the molecule is O=C(c1ccc(Oc2cccc(N3C(=O)C4C(C3=O)C3CC4[C@H](Br)[C@H]3Br)c2)cc1)c1ccc(C(=O)c2ccc(Oc3cccc(N4C(=O)C5C(C4=O)C4CC5[C@H](Br)[C@H]4Br)c3)cc2)cc1. The molecular weight excluding hydrogens is 1080 g/mol. The minimum Gasteiger partial charge on any atom is -0.457 e. The van der Waals surface area contributed by atoms with E-state index < -0.39 is 0 Å². The minimum atomic E-state index is -0.315. The number of imide groups is 2. The Labute approximate surface area is 401 Å². The van der Waals surface area contributed by atoms with Gasteiger partial charge in [-0.2, -0.15) is 0 Å². The van der Waals surface area contributed by atoms with Crippen LogP contribution in [0.5, 0.6) is 23.0 Å². The highest BCUT2D eigenvalue weighted by Crippen LogP contribution is 2.62. The first-order chi connectivity index (χ1) is 30.9. The number of hydrogen-bond acceptors (Lipinski definition) is 8. The molecule has 4 saturated carbocycles. The van der Waals surface area contributed by atoms with Gasteiger partial charge in [-0.15, -0.1) is 0 Å². The molecule has 0 radical (unpaired) electrons. The third-order valence-electron chi connectivity index (χ3n) is 14.2. The van der Waals surface area contributed by atoms with Gasteiger partial charge in [0.1, 0.15) is 23.0 Å². The van der Waals surface area contributed by atoms with Crippen molar-refractivity contribution in [2.24, 2.45) is 47.3 Å². The molecule has 5 aromatic carbocycles. The lowest BCUT2D eigenvalue weighted by molar-refractivity contribution is -0.124. The van der Waals surface area contributed by atoms with Crippen LogP contribution in [0.2, 0.25) is 0 Å². The summed E-state index contributed by atoms with van der Waals surface area (Å²) in [5, 5.41) is 0. The second-order valence-corrected chi connectivity index (χ2v) is 21.7. The largest absolute Gasteiger partial charge is 0.457 e. The number of rotatable bonds is 10. The van der Waals surface area contributed by atoms with Crippen LogP contribution in [-0.4, -0.2) is 54.5 Å². The highest BCUT2D eigenvalue weighted by Gasteiger charge is 2.68. The van der Waals surface area contributed by atoms with Crippen molar-refractivity contribution < 1.29 is 38.2 Å². The van der Waals surface area contributed by atoms with E-state index in [1.807, 2.05) is 0 Å². The second-order valence-electron chi connectivity index (χ2n) is 17.5. The van der Waals surface area contributed by atoms with E-state index in [9.17, 15) is 28.8 Å². The second kappa shape index (κ2) is 16.0. The number of nitrogens with zero attached hydrogens (tertiary/aromatic N) is 2. The molecule has 14 heteroatoms.